The Morgan fingerprint density at radius 3 is 2.37 bits per heavy atom. The number of hydrogen-bond acceptors (Lipinski definition) is 4. The van der Waals surface area contributed by atoms with Gasteiger partial charge >= 0.3 is 6.09 Å². The molecule has 35 heavy (non-hydrogen) atoms. The van der Waals surface area contributed by atoms with E-state index >= 15 is 0 Å². The zero-order valence-electron chi connectivity index (χ0n) is 20.0. The molecule has 6 rings (SSSR count). The summed E-state index contributed by atoms with van der Waals surface area (Å²) in [7, 11) is 0. The second kappa shape index (κ2) is 10.3. The minimum atomic E-state index is -0.632. The predicted octanol–water partition coefficient (Wildman–Crippen LogP) is 6.53. The summed E-state index contributed by atoms with van der Waals surface area (Å²) in [4.78, 5) is 26.8. The molecule has 0 spiro atoms. The van der Waals surface area contributed by atoms with Crippen molar-refractivity contribution < 1.29 is 18.8 Å². The Hall–Kier alpha value is -2.96. The van der Waals surface area contributed by atoms with Gasteiger partial charge in [-0.25, -0.2) is 4.79 Å². The summed E-state index contributed by atoms with van der Waals surface area (Å²) < 4.78 is 7.24. The van der Waals surface area contributed by atoms with Crippen molar-refractivity contribution in [1.82, 2.24) is 0 Å². The number of carbonyl (C=O) groups excluding carboxylic acids is 2. The van der Waals surface area contributed by atoms with Gasteiger partial charge in [0, 0.05) is 37.8 Å². The van der Waals surface area contributed by atoms with Crippen LogP contribution in [0.3, 0.4) is 0 Å². The second-order valence-electron chi connectivity index (χ2n) is 9.96. The van der Waals surface area contributed by atoms with Gasteiger partial charge in [0.25, 0.3) is 5.72 Å². The number of quaternary nitrogens is 1. The van der Waals surface area contributed by atoms with Gasteiger partial charge in [0.05, 0.1) is 30.9 Å². The standard InChI is InChI=1S/C29H32N2O3S/c32-26(27-14-8-20-35-27)13-7-17-31-18-15-24(16-19-31)22-29(31,21-23-9-3-1-4-10-23)34-28(33)30-25-11-5-2-6-12-25/h1-6,8-12,14,20,24H,7,13,15-19,21-22H2/p+1. The molecule has 1 amide bonds. The monoisotopic (exact) mass is 489 g/mol. The van der Waals surface area contributed by atoms with Crippen LogP contribution >= 0.6 is 11.3 Å². The molecule has 0 saturated carbocycles. The van der Waals surface area contributed by atoms with Crippen molar-refractivity contribution >= 4 is 28.9 Å². The first-order valence-electron chi connectivity index (χ1n) is 12.6. The van der Waals surface area contributed by atoms with Crippen molar-refractivity contribution in [2.45, 2.75) is 44.2 Å². The predicted molar refractivity (Wildman–Crippen MR) is 140 cm³/mol. The van der Waals surface area contributed by atoms with Gasteiger partial charge in [-0.2, -0.15) is 0 Å². The molecule has 3 aliphatic heterocycles. The van der Waals surface area contributed by atoms with Crippen molar-refractivity contribution in [2.24, 2.45) is 5.92 Å². The summed E-state index contributed by atoms with van der Waals surface area (Å²) in [6.07, 6.45) is 4.78. The van der Waals surface area contributed by atoms with Crippen LogP contribution in [0.1, 0.15) is 47.3 Å². The molecule has 4 heterocycles. The zero-order chi connectivity index (χ0) is 24.1. The summed E-state index contributed by atoms with van der Waals surface area (Å²) in [5, 5.41) is 4.90. The fraction of sp³-hybridized carbons (Fsp3) is 0.379. The number of Topliss-reactive ketones (excluding diaryl/α,β-unsaturated/α-hetero) is 1. The van der Waals surface area contributed by atoms with E-state index in [1.807, 2.05) is 66.0 Å². The van der Waals surface area contributed by atoms with Crippen LogP contribution in [0.15, 0.2) is 78.2 Å². The third kappa shape index (κ3) is 5.19. The molecule has 3 aliphatic rings. The molecule has 182 valence electrons. The van der Waals surface area contributed by atoms with Crippen LogP contribution in [0.2, 0.25) is 0 Å². The first kappa shape index (κ1) is 23.8. The smallest absolute Gasteiger partial charge is 0.393 e. The van der Waals surface area contributed by atoms with Gasteiger partial charge in [-0.1, -0.05) is 54.6 Å². The van der Waals surface area contributed by atoms with Crippen LogP contribution in [-0.2, 0) is 11.2 Å². The minimum Gasteiger partial charge on any atom is -0.393 e. The van der Waals surface area contributed by atoms with Crippen LogP contribution in [0.4, 0.5) is 10.5 Å². The third-order valence-corrected chi connectivity index (χ3v) is 8.73. The lowest BCUT2D eigenvalue weighted by Crippen LogP contribution is -2.74. The number of ether oxygens (including phenoxy) is 1. The van der Waals surface area contributed by atoms with Crippen LogP contribution in [0.25, 0.3) is 0 Å². The molecule has 3 fully saturated rings. The number of rotatable bonds is 9. The van der Waals surface area contributed by atoms with Crippen molar-refractivity contribution in [3.05, 3.63) is 88.6 Å². The molecule has 1 N–H and O–H groups in total. The highest BCUT2D eigenvalue weighted by molar-refractivity contribution is 7.12. The van der Waals surface area contributed by atoms with E-state index in [-0.39, 0.29) is 5.78 Å². The number of hydrogen-bond donors (Lipinski definition) is 1. The Morgan fingerprint density at radius 2 is 1.69 bits per heavy atom. The van der Waals surface area contributed by atoms with Gasteiger partial charge < -0.3 is 4.74 Å². The molecule has 1 aromatic heterocycles. The highest BCUT2D eigenvalue weighted by Crippen LogP contribution is 2.48. The van der Waals surface area contributed by atoms with Gasteiger partial charge in [-0.15, -0.1) is 11.3 Å². The first-order valence-corrected chi connectivity index (χ1v) is 13.5. The lowest BCUT2D eigenvalue weighted by atomic mass is 9.75. The summed E-state index contributed by atoms with van der Waals surface area (Å²) >= 11 is 1.51. The average Bonchev–Trinajstić information content (AvgIpc) is 3.41. The van der Waals surface area contributed by atoms with Gasteiger partial charge in [-0.3, -0.25) is 14.6 Å². The van der Waals surface area contributed by atoms with Crippen molar-refractivity contribution in [3.63, 3.8) is 0 Å². The number of anilines is 1. The molecule has 1 atom stereocenters. The van der Waals surface area contributed by atoms with E-state index in [1.54, 1.807) is 0 Å². The average molecular weight is 490 g/mol. The lowest BCUT2D eigenvalue weighted by Gasteiger charge is -2.60. The Labute approximate surface area is 211 Å². The van der Waals surface area contributed by atoms with Crippen molar-refractivity contribution in [2.75, 3.05) is 25.0 Å². The first-order chi connectivity index (χ1) is 17.1. The van der Waals surface area contributed by atoms with E-state index in [9.17, 15) is 9.59 Å². The van der Waals surface area contributed by atoms with Gasteiger partial charge in [-0.05, 0) is 35.1 Å². The fourth-order valence-corrected chi connectivity index (χ4v) is 6.76. The zero-order valence-corrected chi connectivity index (χ0v) is 20.8. The number of benzene rings is 2. The maximum atomic E-state index is 13.2. The lowest BCUT2D eigenvalue weighted by molar-refractivity contribution is -1.01. The largest absolute Gasteiger partial charge is 0.416 e. The molecule has 0 radical (unpaired) electrons. The van der Waals surface area contributed by atoms with Crippen LogP contribution < -0.4 is 5.32 Å². The number of thiophene rings is 1. The molecule has 2 aromatic carbocycles. The molecular formula is C29H33N2O3S+. The number of fused-ring (bicyclic) bond motifs is 3. The summed E-state index contributed by atoms with van der Waals surface area (Å²) in [6.45, 7) is 2.82. The van der Waals surface area contributed by atoms with E-state index in [0.29, 0.717) is 18.8 Å². The van der Waals surface area contributed by atoms with Crippen LogP contribution in [-0.4, -0.2) is 41.7 Å². The third-order valence-electron chi connectivity index (χ3n) is 7.81. The summed E-state index contributed by atoms with van der Waals surface area (Å²) in [5.74, 6) is 0.775. The number of ketones is 1. The molecule has 5 nitrogen and oxygen atoms in total. The number of amides is 1. The van der Waals surface area contributed by atoms with Crippen molar-refractivity contribution in [1.29, 1.82) is 0 Å². The number of nitrogens with one attached hydrogen (secondary N) is 1. The Bertz CT molecular complexity index is 1130. The Morgan fingerprint density at radius 1 is 0.971 bits per heavy atom. The van der Waals surface area contributed by atoms with E-state index in [4.69, 9.17) is 4.74 Å². The molecule has 3 aromatic rings. The van der Waals surface area contributed by atoms with Crippen LogP contribution in [0.5, 0.6) is 0 Å². The van der Waals surface area contributed by atoms with E-state index in [2.05, 4.69) is 17.4 Å². The van der Waals surface area contributed by atoms with Crippen molar-refractivity contribution in [3.8, 4) is 0 Å². The SMILES string of the molecule is O=C(Nc1ccccc1)OC1(Cc2ccccc2)CC2CC[N+]1(CCCC(=O)c1cccs1)CC2. The maximum absolute atomic E-state index is 13.2. The normalized spacial score (nSPS) is 25.2. The highest BCUT2D eigenvalue weighted by atomic mass is 32.1. The van der Waals surface area contributed by atoms with E-state index in [0.717, 1.165) is 60.4 Å². The van der Waals surface area contributed by atoms with Gasteiger partial charge in [0.1, 0.15) is 0 Å². The summed E-state index contributed by atoms with van der Waals surface area (Å²) in [5.41, 5.74) is 1.28. The quantitative estimate of drug-likeness (QED) is 0.275. The Kier molecular flexibility index (Phi) is 7.02. The molecule has 2 bridgehead atoms. The highest BCUT2D eigenvalue weighted by Gasteiger charge is 2.60. The van der Waals surface area contributed by atoms with Gasteiger partial charge in [0.15, 0.2) is 5.78 Å². The molecule has 6 heteroatoms. The number of para-hydroxylation sites is 1. The molecule has 3 saturated heterocycles. The fourth-order valence-electron chi connectivity index (χ4n) is 6.07. The van der Waals surface area contributed by atoms with E-state index in [1.165, 1.54) is 16.9 Å². The van der Waals surface area contributed by atoms with Crippen LogP contribution in [0, 0.1) is 5.92 Å². The van der Waals surface area contributed by atoms with Gasteiger partial charge in [0.2, 0.25) is 0 Å². The Balaban J connectivity index is 1.39. The second-order valence-corrected chi connectivity index (χ2v) is 10.9. The molecular weight excluding hydrogens is 456 g/mol. The number of carbonyl (C=O) groups is 2. The maximum Gasteiger partial charge on any atom is 0.416 e. The van der Waals surface area contributed by atoms with E-state index < -0.39 is 11.8 Å². The topological polar surface area (TPSA) is 55.4 Å². The minimum absolute atomic E-state index is 0.210. The number of piperidine rings is 3. The summed E-state index contributed by atoms with van der Waals surface area (Å²) in [6, 6.07) is 23.7. The molecule has 1 unspecified atom stereocenters. The molecule has 0 aliphatic carbocycles. The number of nitrogens with zero attached hydrogens (tertiary/aromatic N) is 1.